The van der Waals surface area contributed by atoms with Crippen LogP contribution in [0.2, 0.25) is 0 Å². The second kappa shape index (κ2) is 56.9. The molecule has 10 aromatic carbocycles. The van der Waals surface area contributed by atoms with Crippen molar-refractivity contribution in [3.63, 3.8) is 0 Å². The van der Waals surface area contributed by atoms with Crippen molar-refractivity contribution in [1.29, 1.82) is 0 Å². The molecule has 0 N–H and O–H groups in total. The summed E-state index contributed by atoms with van der Waals surface area (Å²) < 4.78 is 76.7. The van der Waals surface area contributed by atoms with Crippen molar-refractivity contribution in [2.75, 3.05) is 0 Å². The third-order valence-electron chi connectivity index (χ3n) is 25.4. The second-order valence-electron chi connectivity index (χ2n) is 47.5. The van der Waals surface area contributed by atoms with Gasteiger partial charge in [0.05, 0.1) is 10.8 Å². The Morgan fingerprint density at radius 3 is 0.735 bits per heavy atom. The number of hydrogen-bond donors (Lipinski definition) is 0. The highest BCUT2D eigenvalue weighted by Crippen LogP contribution is 2.43. The molecule has 756 valence electrons. The zero-order valence-electron chi connectivity index (χ0n) is 95.2. The Balaban J connectivity index is 0.000000758. The number of hydrogen-bond acceptors (Lipinski definition) is 0. The van der Waals surface area contributed by atoms with E-state index in [0.717, 1.165) is 58.1 Å². The van der Waals surface area contributed by atoms with Gasteiger partial charge in [0.15, 0.2) is 0 Å². The summed E-state index contributed by atoms with van der Waals surface area (Å²) in [6.45, 7) is 100. The van der Waals surface area contributed by atoms with E-state index in [1.807, 2.05) is 45.0 Å². The van der Waals surface area contributed by atoms with Gasteiger partial charge in [0.1, 0.15) is 0 Å². The zero-order valence-corrected chi connectivity index (χ0v) is 95.2. The molecule has 0 aliphatic heterocycles. The smallest absolute Gasteiger partial charge is 0.171 e. The summed E-state index contributed by atoms with van der Waals surface area (Å²) in [6, 6.07) is 67.3. The van der Waals surface area contributed by atoms with Crippen molar-refractivity contribution >= 4 is 0 Å². The highest BCUT2D eigenvalue weighted by molar-refractivity contribution is 5.41. The summed E-state index contributed by atoms with van der Waals surface area (Å²) in [4.78, 5) is 0. The van der Waals surface area contributed by atoms with Crippen molar-refractivity contribution in [1.82, 2.24) is 0 Å². The molecule has 10 aromatic rings. The van der Waals surface area contributed by atoms with Gasteiger partial charge in [0, 0.05) is 0 Å². The highest BCUT2D eigenvalue weighted by Gasteiger charge is 2.48. The van der Waals surface area contributed by atoms with Crippen LogP contribution in [-0.4, -0.2) is 12.4 Å². The van der Waals surface area contributed by atoms with Gasteiger partial charge in [0.2, 0.25) is 0 Å². The lowest BCUT2D eigenvalue weighted by molar-refractivity contribution is -0.211. The zero-order chi connectivity index (χ0) is 105. The lowest BCUT2D eigenvalue weighted by Gasteiger charge is -2.28. The number of alkyl halides is 6. The molecule has 0 aromatic heterocycles. The lowest BCUT2D eigenvalue weighted by Crippen LogP contribution is -2.34. The summed E-state index contributed by atoms with van der Waals surface area (Å²) in [5, 5.41) is 0. The van der Waals surface area contributed by atoms with Gasteiger partial charge in [-0.25, -0.2) is 0 Å². The lowest BCUT2D eigenvalue weighted by atomic mass is 9.83. The maximum absolute atomic E-state index is 12.9. The first-order valence-corrected chi connectivity index (χ1v) is 51.1. The van der Waals surface area contributed by atoms with Crippen LogP contribution in [0.5, 0.6) is 0 Å². The first-order valence-electron chi connectivity index (χ1n) is 51.1. The first-order chi connectivity index (χ1) is 62.1. The van der Waals surface area contributed by atoms with Crippen molar-refractivity contribution in [3.05, 3.63) is 349 Å². The van der Waals surface area contributed by atoms with Crippen molar-refractivity contribution in [2.24, 2.45) is 33.5 Å². The predicted octanol–water partition coefficient (Wildman–Crippen LogP) is 41.3. The van der Waals surface area contributed by atoms with Crippen LogP contribution in [0, 0.1) is 130 Å². The maximum atomic E-state index is 12.9. The molecular formula is C130H194F6. The topological polar surface area (TPSA) is 0 Å². The molecule has 10 rings (SSSR count). The minimum Gasteiger partial charge on any atom is -0.171 e. The molecule has 0 nitrogen and oxygen atoms in total. The Kier molecular flexibility index (Phi) is 52.6. The standard InChI is InChI=1S/C15H21F3.C15H24.2C14H22.C13H17F3.2C13H20.C12H18.C11H16.C10H14/c1-10(2)13-8-12(7-6-11(13)3)9-14(4,5)15(16,17)18;1-11(2)14-9-13(8-7-12(14)3)10-15(4,5)6;1-10(2)13-9-12(14(4,5)6)8-7-11(13)3;1-10(2)8-13-7-6-12(5)14(9-13)11(3)4;1-9-5-6-11(7-10(9)2)8-12(3,4)13(14,15)16;1-10-6-7-12(8-11(10)2)9-13(3,4)5;1-9(2)12-7-6-11(5)13(8-12)10(3)4;1-9(2)7-12-6-5-10(3)11(4)8-12;1-8(2)11-7-9(3)5-6-10(11)4;1-8(2)10-7-5-4-6-9(10)3/h6-8,10H,9H2,1-5H3;7-9,11H,10H2,1-6H3;7-10H,1-6H3;6-7,9-11H,8H2,1-5H3;5-7H,8H2,1-4H3;6-8H,9H2,1-5H3;6-10H,1-5H3;5-6,8-9H,7H2,1-4H3;5-8H,1-4H3;4-8H,1-3H3. The Morgan fingerprint density at radius 2 is 0.449 bits per heavy atom. The van der Waals surface area contributed by atoms with Crippen molar-refractivity contribution < 1.29 is 26.3 Å². The second-order valence-corrected chi connectivity index (χ2v) is 47.5. The van der Waals surface area contributed by atoms with Crippen molar-refractivity contribution in [2.45, 2.75) is 429 Å². The minimum absolute atomic E-state index is 0.0243. The van der Waals surface area contributed by atoms with Crippen LogP contribution in [-0.2, 0) is 43.9 Å². The van der Waals surface area contributed by atoms with Gasteiger partial charge in [-0.1, -0.05) is 422 Å². The molecule has 0 unspecified atom stereocenters. The molecule has 0 aliphatic rings. The maximum Gasteiger partial charge on any atom is 0.394 e. The largest absolute Gasteiger partial charge is 0.394 e. The Morgan fingerprint density at radius 1 is 0.206 bits per heavy atom. The number of aryl methyl sites for hydroxylation is 14. The molecule has 0 bridgehead atoms. The molecule has 0 atom stereocenters. The molecule has 0 fully saturated rings. The molecule has 0 saturated heterocycles. The third-order valence-corrected chi connectivity index (χ3v) is 25.4. The van der Waals surface area contributed by atoms with Gasteiger partial charge in [-0.15, -0.1) is 0 Å². The average Bonchev–Trinajstić information content (AvgIpc) is 0.805. The van der Waals surface area contributed by atoms with Crippen LogP contribution in [0.25, 0.3) is 0 Å². The minimum atomic E-state index is -4.17. The summed E-state index contributed by atoms with van der Waals surface area (Å²) >= 11 is 0. The number of benzene rings is 10. The van der Waals surface area contributed by atoms with Crippen LogP contribution in [0.3, 0.4) is 0 Å². The Bertz CT molecular complexity index is 5160. The van der Waals surface area contributed by atoms with Crippen LogP contribution in [0.15, 0.2) is 188 Å². The van der Waals surface area contributed by atoms with Gasteiger partial charge < -0.3 is 0 Å². The molecule has 0 radical (unpaired) electrons. The predicted molar refractivity (Wildman–Crippen MR) is 593 cm³/mol. The van der Waals surface area contributed by atoms with Crippen LogP contribution >= 0.6 is 0 Å². The quantitative estimate of drug-likeness (QED) is 0.0751. The van der Waals surface area contributed by atoms with Gasteiger partial charge in [-0.3, -0.25) is 0 Å². The molecular weight excluding hydrogens is 1680 g/mol. The van der Waals surface area contributed by atoms with Crippen LogP contribution in [0.1, 0.15) is 437 Å². The van der Waals surface area contributed by atoms with E-state index in [2.05, 4.69) is 429 Å². The van der Waals surface area contributed by atoms with E-state index in [0.29, 0.717) is 58.2 Å². The van der Waals surface area contributed by atoms with E-state index in [1.165, 1.54) is 168 Å². The van der Waals surface area contributed by atoms with E-state index in [4.69, 9.17) is 0 Å². The molecule has 0 heterocycles. The summed E-state index contributed by atoms with van der Waals surface area (Å²) in [5.41, 5.74) is 36.7. The Hall–Kier alpha value is -8.22. The van der Waals surface area contributed by atoms with Gasteiger partial charge in [-0.2, -0.15) is 26.3 Å². The number of rotatable bonds is 18. The SMILES string of the molecule is Cc1ccc(C(C)(C)C)cc1C(C)C.Cc1ccc(C(C)C)cc1C(C)C.Cc1ccc(C)c(C(C)C)c1.Cc1ccc(CC(C)(C)C(F)(F)F)cc1C.Cc1ccc(CC(C)(C)C(F)(F)F)cc1C(C)C.Cc1ccc(CC(C)(C)C)cc1C.Cc1ccc(CC(C)(C)C)cc1C(C)C.Cc1ccc(CC(C)C)cc1C.Cc1ccc(CC(C)C)cc1C(C)C.Cc1ccccc1C(C)C. The molecule has 136 heavy (non-hydrogen) atoms. The fraction of sp³-hybridized carbons (Fsp3) is 0.538. The molecule has 0 saturated carbocycles. The molecule has 0 spiro atoms. The summed E-state index contributed by atoms with van der Waals surface area (Å²) in [6.07, 6.45) is -3.57. The molecule has 6 heteroatoms. The van der Waals surface area contributed by atoms with E-state index in [-0.39, 0.29) is 18.3 Å². The summed E-state index contributed by atoms with van der Waals surface area (Å²) in [5.74, 6) is 6.31. The van der Waals surface area contributed by atoms with Crippen LogP contribution < -0.4 is 0 Å². The molecule has 0 amide bonds. The monoisotopic (exact) mass is 1870 g/mol. The fourth-order valence-electron chi connectivity index (χ4n) is 16.4. The summed E-state index contributed by atoms with van der Waals surface area (Å²) in [7, 11) is 0. The number of halogens is 6. The fourth-order valence-corrected chi connectivity index (χ4v) is 16.4. The van der Waals surface area contributed by atoms with E-state index >= 15 is 0 Å². The van der Waals surface area contributed by atoms with E-state index in [1.54, 1.807) is 12.1 Å². The first kappa shape index (κ1) is 126. The van der Waals surface area contributed by atoms with Crippen molar-refractivity contribution in [3.8, 4) is 0 Å². The van der Waals surface area contributed by atoms with Crippen LogP contribution in [0.4, 0.5) is 26.3 Å². The van der Waals surface area contributed by atoms with E-state index < -0.39 is 23.2 Å². The Labute approximate surface area is 833 Å². The molecule has 0 aliphatic carbocycles. The normalized spacial score (nSPS) is 11.8. The highest BCUT2D eigenvalue weighted by atomic mass is 19.4. The average molecular weight is 1870 g/mol. The third kappa shape index (κ3) is 47.2. The van der Waals surface area contributed by atoms with Gasteiger partial charge >= 0.3 is 12.4 Å². The van der Waals surface area contributed by atoms with Gasteiger partial charge in [-0.05, 0) is 367 Å². The van der Waals surface area contributed by atoms with E-state index in [9.17, 15) is 26.3 Å². The van der Waals surface area contributed by atoms with Gasteiger partial charge in [0.25, 0.3) is 0 Å².